The second kappa shape index (κ2) is 44.8. The Balaban J connectivity index is 0.000000172. The quantitative estimate of drug-likeness (QED) is 0.0653. The van der Waals surface area contributed by atoms with Crippen LogP contribution in [0, 0.1) is 18.6 Å². The normalized spacial score (nSPS) is 17.4. The number of amides is 3. The number of ether oxygens (including phenoxy) is 1. The highest BCUT2D eigenvalue weighted by atomic mass is 35.5. The highest BCUT2D eigenvalue weighted by molar-refractivity contribution is 6.35. The lowest BCUT2D eigenvalue weighted by Crippen LogP contribution is -2.58. The number of morpholine rings is 1. The van der Waals surface area contributed by atoms with Crippen molar-refractivity contribution >= 4 is 109 Å². The third kappa shape index (κ3) is 21.6. The van der Waals surface area contributed by atoms with Gasteiger partial charge in [0.05, 0.1) is 107 Å². The van der Waals surface area contributed by atoms with Crippen LogP contribution in [0.1, 0.15) is 187 Å². The molecular weight excluding hydrogens is 1840 g/mol. The van der Waals surface area contributed by atoms with E-state index in [2.05, 4.69) is 86.2 Å². The molecule has 6 atom stereocenters. The van der Waals surface area contributed by atoms with Crippen LogP contribution in [0.25, 0.3) is 83.9 Å². The Hall–Kier alpha value is -12.7. The van der Waals surface area contributed by atoms with Crippen LogP contribution in [0.2, 0.25) is 15.1 Å². The van der Waals surface area contributed by atoms with Crippen LogP contribution in [-0.4, -0.2) is 235 Å². The van der Waals surface area contributed by atoms with Crippen molar-refractivity contribution in [1.29, 1.82) is 0 Å². The summed E-state index contributed by atoms with van der Waals surface area (Å²) < 4.78 is 40.4. The van der Waals surface area contributed by atoms with Gasteiger partial charge in [0.25, 0.3) is 0 Å². The predicted molar refractivity (Wildman–Crippen MR) is 555 cm³/mol. The van der Waals surface area contributed by atoms with Crippen molar-refractivity contribution in [1.82, 2.24) is 88.1 Å². The van der Waals surface area contributed by atoms with Gasteiger partial charge in [0.15, 0.2) is 16.9 Å². The first-order chi connectivity index (χ1) is 66.7. The first-order valence-electron chi connectivity index (χ1n) is 47.7. The number of nitrogens with zero attached hydrogens (tertiary/aromatic N) is 22. The van der Waals surface area contributed by atoms with Gasteiger partial charge in [-0.05, 0) is 176 Å². The molecule has 13 heterocycles. The minimum Gasteiger partial charge on any atom is -0.378 e. The molecule has 9 aromatic heterocycles. The van der Waals surface area contributed by atoms with Crippen LogP contribution in [0.3, 0.4) is 0 Å². The standard InChI is InChI=1S/C36H42ClFN8O3.C33H37ClN6O2.C32H35ClFN7O2.C4H12N2/c1-8-28(47)44-18-23(7)45(19-22(44)6)33-25-17-26(37)31(24-11-9-10-12-27(24)38)39-34(25)46(36(48)42-33)32-29(20(2)3)40-35(41-30(32)21(4)5)43-13-15-49-16-14-43;1-8-23-12-10-11-13-24(23)29-26(34)16-25-31(39-18-21(6)38(17-22(39)7)27(41)9-2)37-33(42)40(32(25)36-29)30-20(5)14-15-35-28(30)19(3)4;1-8-25(42)39-14-20(7)40(15-19(39)6)30-22-13-23(33)28(21-11-9-10-12-24(21)34)37-31(22)41(32(43)38-30)29-26(17(2)3)35-16-36-27(29)18(4)5;1-6(2)4-3-5/h8-12,17,20-23H,1,13-16,18-19H2,2-7H3;9-16,19,21-22H,2,8,17-18H2,1,3-7H3;8-13,16-20H,1,14-15H2,2-7H3;3-5H2,1-2H3. The summed E-state index contributed by atoms with van der Waals surface area (Å²) >= 11 is 20.7. The molecule has 140 heavy (non-hydrogen) atoms. The van der Waals surface area contributed by atoms with Crippen LogP contribution < -0.4 is 42.4 Å². The maximum absolute atomic E-state index is 15.3. The number of aryl methyl sites for hydroxylation is 2. The first-order valence-corrected chi connectivity index (χ1v) is 48.8. The fourth-order valence-corrected chi connectivity index (χ4v) is 19.2. The number of nitrogens with two attached hydrogens (primary N) is 1. The maximum Gasteiger partial charge on any atom is 0.355 e. The molecule has 738 valence electrons. The molecule has 0 bridgehead atoms. The van der Waals surface area contributed by atoms with E-state index in [1.807, 2.05) is 158 Å². The highest BCUT2D eigenvalue weighted by Gasteiger charge is 2.40. The van der Waals surface area contributed by atoms with Gasteiger partial charge < -0.3 is 49.7 Å². The first kappa shape index (κ1) is 105. The van der Waals surface area contributed by atoms with E-state index in [0.29, 0.717) is 161 Å². The van der Waals surface area contributed by atoms with E-state index in [9.17, 15) is 28.8 Å². The monoisotopic (exact) mass is 1960 g/mol. The largest absolute Gasteiger partial charge is 0.378 e. The van der Waals surface area contributed by atoms with Crippen molar-refractivity contribution in [2.75, 3.05) is 112 Å². The van der Waals surface area contributed by atoms with E-state index in [0.717, 1.165) is 41.9 Å². The van der Waals surface area contributed by atoms with Crippen molar-refractivity contribution in [2.45, 2.75) is 197 Å². The number of carbonyl (C=O) groups is 3. The second-order valence-electron chi connectivity index (χ2n) is 37.8. The lowest BCUT2D eigenvalue weighted by atomic mass is 10.0. The number of carbonyl (C=O) groups excluding carboxylic acids is 3. The summed E-state index contributed by atoms with van der Waals surface area (Å²) in [6.45, 7) is 53.8. The Bertz CT molecular complexity index is 6830. The van der Waals surface area contributed by atoms with Gasteiger partial charge in [-0.15, -0.1) is 0 Å². The summed E-state index contributed by atoms with van der Waals surface area (Å²) in [6, 6.07) is 26.8. The minimum absolute atomic E-state index is 0.0492. The molecule has 35 heteroatoms. The highest BCUT2D eigenvalue weighted by Crippen LogP contribution is 2.44. The van der Waals surface area contributed by atoms with E-state index < -0.39 is 28.7 Å². The zero-order valence-corrected chi connectivity index (χ0v) is 85.7. The Morgan fingerprint density at radius 2 is 0.800 bits per heavy atom. The molecule has 0 saturated carbocycles. The van der Waals surface area contributed by atoms with E-state index in [4.69, 9.17) is 75.2 Å². The predicted octanol–water partition coefficient (Wildman–Crippen LogP) is 17.2. The molecule has 6 unspecified atom stereocenters. The molecule has 4 aliphatic heterocycles. The number of fused-ring (bicyclic) bond motifs is 3. The van der Waals surface area contributed by atoms with E-state index in [-0.39, 0.29) is 127 Å². The molecule has 3 amide bonds. The molecule has 0 spiro atoms. The van der Waals surface area contributed by atoms with Gasteiger partial charge in [-0.25, -0.2) is 71.8 Å². The summed E-state index contributed by atoms with van der Waals surface area (Å²) in [5.74, 6) is 0.221. The van der Waals surface area contributed by atoms with E-state index in [1.165, 1.54) is 45.8 Å². The lowest BCUT2D eigenvalue weighted by Gasteiger charge is -2.44. The van der Waals surface area contributed by atoms with Crippen LogP contribution in [0.5, 0.6) is 0 Å². The summed E-state index contributed by atoms with van der Waals surface area (Å²) in [7, 11) is 4.01. The fraction of sp³-hybridized carbons (Fsp3) is 0.419. The van der Waals surface area contributed by atoms with Gasteiger partial charge in [0.2, 0.25) is 23.7 Å². The number of anilines is 4. The molecule has 0 aliphatic carbocycles. The molecule has 0 radical (unpaired) electrons. The average Bonchev–Trinajstić information content (AvgIpc) is 0.735. The summed E-state index contributed by atoms with van der Waals surface area (Å²) in [5.41, 5.74) is 14.1. The van der Waals surface area contributed by atoms with Gasteiger partial charge in [0.1, 0.15) is 35.4 Å². The maximum atomic E-state index is 15.3. The molecule has 4 aliphatic rings. The van der Waals surface area contributed by atoms with Gasteiger partial charge in [0, 0.05) is 125 Å². The van der Waals surface area contributed by atoms with Crippen molar-refractivity contribution in [3.05, 3.63) is 245 Å². The lowest BCUT2D eigenvalue weighted by molar-refractivity contribution is -0.129. The van der Waals surface area contributed by atoms with E-state index in [1.54, 1.807) is 74.0 Å². The Kier molecular flexibility index (Phi) is 33.5. The van der Waals surface area contributed by atoms with Crippen molar-refractivity contribution in [3.8, 4) is 50.8 Å². The summed E-state index contributed by atoms with van der Waals surface area (Å²) in [6.07, 6.45) is 8.04. The number of halogens is 5. The topological polar surface area (TPSA) is 320 Å². The molecule has 4 fully saturated rings. The number of hydrogen-bond acceptors (Lipinski definition) is 24. The summed E-state index contributed by atoms with van der Waals surface area (Å²) in [4.78, 5) is 149. The smallest absolute Gasteiger partial charge is 0.355 e. The number of rotatable bonds is 21. The van der Waals surface area contributed by atoms with Crippen molar-refractivity contribution in [3.63, 3.8) is 0 Å². The molecule has 2 N–H and O–H groups in total. The Morgan fingerprint density at radius 1 is 0.464 bits per heavy atom. The molecule has 30 nitrogen and oxygen atoms in total. The average molecular weight is 1970 g/mol. The third-order valence-electron chi connectivity index (χ3n) is 25.7. The number of pyridine rings is 4. The van der Waals surface area contributed by atoms with Crippen LogP contribution >= 0.6 is 34.8 Å². The Morgan fingerprint density at radius 3 is 1.14 bits per heavy atom. The number of aromatic nitrogens is 14. The van der Waals surface area contributed by atoms with Gasteiger partial charge in [-0.1, -0.05) is 179 Å². The van der Waals surface area contributed by atoms with Crippen LogP contribution in [-0.2, 0) is 25.5 Å². The summed E-state index contributed by atoms with van der Waals surface area (Å²) in [5, 5.41) is 2.58. The minimum atomic E-state index is -0.576. The van der Waals surface area contributed by atoms with Crippen molar-refractivity contribution < 1.29 is 27.9 Å². The number of piperazine rings is 3. The molecule has 16 rings (SSSR count). The Labute approximate surface area is 831 Å². The van der Waals surface area contributed by atoms with Gasteiger partial charge >= 0.3 is 17.1 Å². The fourth-order valence-electron chi connectivity index (χ4n) is 18.5. The van der Waals surface area contributed by atoms with E-state index >= 15 is 8.78 Å². The molecular formula is C105H126Cl3F2N23O7. The number of likely N-dealkylation sites (N-methyl/N-ethyl adjacent to an activating group) is 1. The zero-order chi connectivity index (χ0) is 102. The van der Waals surface area contributed by atoms with Gasteiger partial charge in [-0.2, -0.15) is 15.0 Å². The van der Waals surface area contributed by atoms with Crippen LogP contribution in [0.15, 0.2) is 162 Å². The van der Waals surface area contributed by atoms with Crippen molar-refractivity contribution in [2.24, 2.45) is 5.73 Å². The third-order valence-corrected chi connectivity index (χ3v) is 26.6. The zero-order valence-electron chi connectivity index (χ0n) is 83.5. The molecule has 3 aromatic carbocycles. The number of hydrogen-bond donors (Lipinski definition) is 1. The second-order valence-corrected chi connectivity index (χ2v) is 39.0. The molecule has 4 saturated heterocycles. The molecule has 12 aromatic rings. The SMILES string of the molecule is C=CC(=O)N1CC(C)N(c2nc(=O)n(-c3c(C(C)C)nc(N4CCOCC4)nc3C(C)C)c3nc(-c4ccccc4F)c(Cl)cc23)CC1C.C=CC(=O)N1CC(C)N(c2nc(=O)n(-c3c(C(C)C)ncnc3C(C)C)c3nc(-c4ccccc4F)c(Cl)cc23)CC1C.C=CC(=O)N1CC(C)N(c2nc(=O)n(-c3c(C)ccnc3C(C)C)c3nc(-c4ccccc4CC)c(Cl)cc23)CC1C.CN(C)CCN. The number of benzene rings is 3. The van der Waals surface area contributed by atoms with Gasteiger partial charge in [-0.3, -0.25) is 19.4 Å². The van der Waals surface area contributed by atoms with Crippen LogP contribution in [0.4, 0.5) is 32.2 Å².